The Morgan fingerprint density at radius 3 is 2.41 bits per heavy atom. The largest absolute Gasteiger partial charge is 0.334 e. The van der Waals surface area contributed by atoms with Gasteiger partial charge in [-0.25, -0.2) is 0 Å². The van der Waals surface area contributed by atoms with E-state index in [1.54, 1.807) is 0 Å². The number of amides is 1. The van der Waals surface area contributed by atoms with Crippen LogP contribution in [0.3, 0.4) is 0 Å². The molecule has 1 saturated carbocycles. The predicted octanol–water partition coefficient (Wildman–Crippen LogP) is 3.10. The summed E-state index contributed by atoms with van der Waals surface area (Å²) in [6.07, 6.45) is 5.57. The lowest BCUT2D eigenvalue weighted by molar-refractivity contribution is -0.145. The Balaban J connectivity index is 1.97. The summed E-state index contributed by atoms with van der Waals surface area (Å²) >= 11 is 0. The molecule has 3 heteroatoms. The molecule has 1 aromatic carbocycles. The Hall–Kier alpha value is -1.35. The molecule has 0 atom stereocenters. The second kappa shape index (κ2) is 6.04. The molecule has 1 aliphatic heterocycles. The SMILES string of the molecule is CC1(C)CNCCN1C(=O)C1(c2ccccc2)CCCCC1. The van der Waals surface area contributed by atoms with Crippen molar-refractivity contribution in [2.75, 3.05) is 19.6 Å². The third-order valence-corrected chi connectivity index (χ3v) is 5.49. The molecule has 3 nitrogen and oxygen atoms in total. The third kappa shape index (κ3) is 2.67. The fourth-order valence-electron chi connectivity index (χ4n) is 4.16. The number of hydrogen-bond acceptors (Lipinski definition) is 2. The lowest BCUT2D eigenvalue weighted by Crippen LogP contribution is -2.63. The third-order valence-electron chi connectivity index (χ3n) is 5.49. The van der Waals surface area contributed by atoms with Gasteiger partial charge in [-0.1, -0.05) is 49.6 Å². The number of nitrogens with zero attached hydrogens (tertiary/aromatic N) is 1. The number of carbonyl (C=O) groups is 1. The standard InChI is InChI=1S/C19H28N2O/c1-18(2)15-20-13-14-21(18)17(22)19(11-7-4-8-12-19)16-9-5-3-6-10-16/h3,5-6,9-10,20H,4,7-8,11-15H2,1-2H3. The molecular formula is C19H28N2O. The number of benzene rings is 1. The van der Waals surface area contributed by atoms with E-state index in [0.717, 1.165) is 45.3 Å². The summed E-state index contributed by atoms with van der Waals surface area (Å²) in [5.74, 6) is 0.352. The summed E-state index contributed by atoms with van der Waals surface area (Å²) in [6, 6.07) is 10.5. The molecule has 22 heavy (non-hydrogen) atoms. The molecule has 0 unspecified atom stereocenters. The van der Waals surface area contributed by atoms with Crippen molar-refractivity contribution in [3.63, 3.8) is 0 Å². The van der Waals surface area contributed by atoms with Crippen LogP contribution in [0.2, 0.25) is 0 Å². The van der Waals surface area contributed by atoms with Crippen molar-refractivity contribution in [1.29, 1.82) is 0 Å². The summed E-state index contributed by atoms with van der Waals surface area (Å²) < 4.78 is 0. The number of piperazine rings is 1. The van der Waals surface area contributed by atoms with E-state index in [1.165, 1.54) is 12.0 Å². The Morgan fingerprint density at radius 1 is 1.09 bits per heavy atom. The Bertz CT molecular complexity index is 517. The first kappa shape index (κ1) is 15.5. The molecule has 2 fully saturated rings. The Kier molecular flexibility index (Phi) is 4.26. The Labute approximate surface area is 134 Å². The maximum atomic E-state index is 13.6. The van der Waals surface area contributed by atoms with Gasteiger partial charge in [0, 0.05) is 25.2 Å². The van der Waals surface area contributed by atoms with Crippen molar-refractivity contribution >= 4 is 5.91 Å². The minimum absolute atomic E-state index is 0.103. The van der Waals surface area contributed by atoms with Gasteiger partial charge in [-0.2, -0.15) is 0 Å². The van der Waals surface area contributed by atoms with Gasteiger partial charge in [0.15, 0.2) is 0 Å². The lowest BCUT2D eigenvalue weighted by Gasteiger charge is -2.48. The molecule has 1 amide bonds. The summed E-state index contributed by atoms with van der Waals surface area (Å²) in [5, 5.41) is 3.42. The van der Waals surface area contributed by atoms with Crippen molar-refractivity contribution in [1.82, 2.24) is 10.2 Å². The van der Waals surface area contributed by atoms with Crippen LogP contribution in [-0.2, 0) is 10.2 Å². The minimum atomic E-state index is -0.297. The zero-order valence-electron chi connectivity index (χ0n) is 13.9. The van der Waals surface area contributed by atoms with Crippen LogP contribution in [-0.4, -0.2) is 36.0 Å². The number of rotatable bonds is 2. The van der Waals surface area contributed by atoms with E-state index >= 15 is 0 Å². The smallest absolute Gasteiger partial charge is 0.233 e. The van der Waals surface area contributed by atoms with Crippen molar-refractivity contribution < 1.29 is 4.79 Å². The van der Waals surface area contributed by atoms with E-state index in [1.807, 2.05) is 6.07 Å². The minimum Gasteiger partial charge on any atom is -0.334 e. The van der Waals surface area contributed by atoms with Gasteiger partial charge < -0.3 is 10.2 Å². The molecule has 1 heterocycles. The van der Waals surface area contributed by atoms with Crippen molar-refractivity contribution in [3.8, 4) is 0 Å². The van der Waals surface area contributed by atoms with Gasteiger partial charge >= 0.3 is 0 Å². The highest BCUT2D eigenvalue weighted by Gasteiger charge is 2.47. The molecule has 1 aliphatic carbocycles. The van der Waals surface area contributed by atoms with E-state index in [4.69, 9.17) is 0 Å². The average Bonchev–Trinajstić information content (AvgIpc) is 2.55. The first-order valence-corrected chi connectivity index (χ1v) is 8.65. The highest BCUT2D eigenvalue weighted by molar-refractivity contribution is 5.89. The van der Waals surface area contributed by atoms with Crippen LogP contribution in [0, 0.1) is 0 Å². The summed E-state index contributed by atoms with van der Waals surface area (Å²) in [4.78, 5) is 15.7. The molecule has 0 aromatic heterocycles. The van der Waals surface area contributed by atoms with Crippen LogP contribution in [0.4, 0.5) is 0 Å². The zero-order chi connectivity index (χ0) is 15.6. The van der Waals surface area contributed by atoms with Crippen molar-refractivity contribution in [3.05, 3.63) is 35.9 Å². The number of nitrogens with one attached hydrogen (secondary N) is 1. The fraction of sp³-hybridized carbons (Fsp3) is 0.632. The number of hydrogen-bond donors (Lipinski definition) is 1. The molecule has 1 N–H and O–H groups in total. The summed E-state index contributed by atoms with van der Waals surface area (Å²) in [7, 11) is 0. The van der Waals surface area contributed by atoms with Gasteiger partial charge in [0.1, 0.15) is 0 Å². The Morgan fingerprint density at radius 2 is 1.77 bits per heavy atom. The van der Waals surface area contributed by atoms with Crippen LogP contribution in [0.15, 0.2) is 30.3 Å². The monoisotopic (exact) mass is 300 g/mol. The highest BCUT2D eigenvalue weighted by Crippen LogP contribution is 2.42. The molecule has 1 aromatic rings. The first-order chi connectivity index (χ1) is 10.6. The van der Waals surface area contributed by atoms with E-state index in [2.05, 4.69) is 48.3 Å². The molecule has 0 bridgehead atoms. The van der Waals surface area contributed by atoms with Crippen LogP contribution in [0.25, 0.3) is 0 Å². The van der Waals surface area contributed by atoms with E-state index in [9.17, 15) is 4.79 Å². The van der Waals surface area contributed by atoms with Gasteiger partial charge in [0.2, 0.25) is 5.91 Å². The number of carbonyl (C=O) groups excluding carboxylic acids is 1. The van der Waals surface area contributed by atoms with Crippen LogP contribution in [0.5, 0.6) is 0 Å². The van der Waals surface area contributed by atoms with E-state index in [0.29, 0.717) is 5.91 Å². The van der Waals surface area contributed by atoms with Gasteiger partial charge in [0.25, 0.3) is 0 Å². The van der Waals surface area contributed by atoms with Gasteiger partial charge in [-0.15, -0.1) is 0 Å². The van der Waals surface area contributed by atoms with Gasteiger partial charge in [-0.05, 0) is 32.3 Å². The topological polar surface area (TPSA) is 32.3 Å². The lowest BCUT2D eigenvalue weighted by atomic mass is 9.68. The summed E-state index contributed by atoms with van der Waals surface area (Å²) in [5.41, 5.74) is 0.817. The average molecular weight is 300 g/mol. The van der Waals surface area contributed by atoms with E-state index in [-0.39, 0.29) is 11.0 Å². The molecule has 3 rings (SSSR count). The van der Waals surface area contributed by atoms with Crippen molar-refractivity contribution in [2.45, 2.75) is 56.9 Å². The first-order valence-electron chi connectivity index (χ1n) is 8.65. The molecule has 1 saturated heterocycles. The van der Waals surface area contributed by atoms with Crippen molar-refractivity contribution in [2.24, 2.45) is 0 Å². The molecule has 2 aliphatic rings. The van der Waals surface area contributed by atoms with Crippen LogP contribution in [0.1, 0.15) is 51.5 Å². The molecular weight excluding hydrogens is 272 g/mol. The molecule has 120 valence electrons. The fourth-order valence-corrected chi connectivity index (χ4v) is 4.16. The van der Waals surface area contributed by atoms with Crippen LogP contribution >= 0.6 is 0 Å². The molecule has 0 spiro atoms. The predicted molar refractivity (Wildman–Crippen MR) is 89.9 cm³/mol. The molecule has 0 radical (unpaired) electrons. The second-order valence-corrected chi connectivity index (χ2v) is 7.45. The maximum absolute atomic E-state index is 13.6. The van der Waals surface area contributed by atoms with E-state index < -0.39 is 0 Å². The maximum Gasteiger partial charge on any atom is 0.233 e. The zero-order valence-corrected chi connectivity index (χ0v) is 13.9. The quantitative estimate of drug-likeness (QED) is 0.910. The van der Waals surface area contributed by atoms with Crippen LogP contribution < -0.4 is 5.32 Å². The normalized spacial score (nSPS) is 24.0. The van der Waals surface area contributed by atoms with Gasteiger partial charge in [0.05, 0.1) is 5.41 Å². The summed E-state index contributed by atoms with van der Waals surface area (Å²) in [6.45, 7) is 6.96. The van der Waals surface area contributed by atoms with Gasteiger partial charge in [-0.3, -0.25) is 4.79 Å². The second-order valence-electron chi connectivity index (χ2n) is 7.45. The highest BCUT2D eigenvalue weighted by atomic mass is 16.2.